The van der Waals surface area contributed by atoms with Gasteiger partial charge < -0.3 is 20.3 Å². The Morgan fingerprint density at radius 2 is 2.00 bits per heavy atom. The molecule has 3 N–H and O–H groups in total. The van der Waals surface area contributed by atoms with Crippen LogP contribution in [0.1, 0.15) is 12.8 Å². The van der Waals surface area contributed by atoms with E-state index in [-0.39, 0.29) is 13.0 Å². The number of nitrogens with one attached hydrogen (secondary N) is 1. The van der Waals surface area contributed by atoms with Crippen LogP contribution in [0.5, 0.6) is 0 Å². The zero-order chi connectivity index (χ0) is 10.3. The van der Waals surface area contributed by atoms with Gasteiger partial charge >= 0.3 is 11.9 Å². The summed E-state index contributed by atoms with van der Waals surface area (Å²) in [7, 11) is 0. The molecule has 0 saturated carbocycles. The van der Waals surface area contributed by atoms with Crippen molar-refractivity contribution in [3.05, 3.63) is 0 Å². The molecule has 6 heteroatoms. The van der Waals surface area contributed by atoms with E-state index in [4.69, 9.17) is 10.2 Å². The van der Waals surface area contributed by atoms with Crippen LogP contribution in [0.3, 0.4) is 0 Å². The van der Waals surface area contributed by atoms with E-state index in [9.17, 15) is 14.4 Å². The fourth-order valence-electron chi connectivity index (χ4n) is 0.738. The van der Waals surface area contributed by atoms with Crippen molar-refractivity contribution >= 4 is 18.2 Å². The molecule has 0 saturated heterocycles. The van der Waals surface area contributed by atoms with Crippen molar-refractivity contribution in [2.45, 2.75) is 18.9 Å². The Morgan fingerprint density at radius 1 is 1.38 bits per heavy atom. The van der Waals surface area contributed by atoms with Gasteiger partial charge in [-0.25, -0.2) is 0 Å². The van der Waals surface area contributed by atoms with Crippen molar-refractivity contribution in [1.29, 1.82) is 0 Å². The molecule has 0 radical (unpaired) electrons. The number of carboxylic acid groups (broad SMARTS) is 2. The third-order valence-electron chi connectivity index (χ3n) is 1.33. The van der Waals surface area contributed by atoms with Gasteiger partial charge in [-0.15, -0.1) is 0 Å². The van der Waals surface area contributed by atoms with E-state index >= 15 is 0 Å². The molecule has 6 nitrogen and oxygen atoms in total. The summed E-state index contributed by atoms with van der Waals surface area (Å²) in [5.41, 5.74) is 0. The molecular formula is C7H11NO5. The predicted octanol–water partition coefficient (Wildman–Crippen LogP) is -0.907. The molecule has 13 heavy (non-hydrogen) atoms. The van der Waals surface area contributed by atoms with Crippen molar-refractivity contribution in [3.63, 3.8) is 0 Å². The van der Waals surface area contributed by atoms with Crippen LogP contribution in [0.25, 0.3) is 0 Å². The van der Waals surface area contributed by atoms with Crippen LogP contribution >= 0.6 is 0 Å². The normalized spacial score (nSPS) is 12.0. The molecule has 0 aliphatic heterocycles. The molecule has 0 aliphatic carbocycles. The lowest BCUT2D eigenvalue weighted by atomic mass is 10.2. The third kappa shape index (κ3) is 5.80. The van der Waals surface area contributed by atoms with Crippen molar-refractivity contribution in [2.75, 3.05) is 6.54 Å². The van der Waals surface area contributed by atoms with Crippen LogP contribution < -0.4 is 5.32 Å². The summed E-state index contributed by atoms with van der Waals surface area (Å²) < 4.78 is 0. The first-order valence-electron chi connectivity index (χ1n) is 3.69. The number of hydrogen-bond donors (Lipinski definition) is 3. The molecule has 0 aliphatic rings. The number of aldehydes is 1. The van der Waals surface area contributed by atoms with Gasteiger partial charge in [0.2, 0.25) is 0 Å². The summed E-state index contributed by atoms with van der Waals surface area (Å²) >= 11 is 0. The second kappa shape index (κ2) is 6.13. The molecule has 0 aromatic carbocycles. The average molecular weight is 189 g/mol. The number of hydrogen-bond acceptors (Lipinski definition) is 4. The molecule has 0 aromatic rings. The zero-order valence-electron chi connectivity index (χ0n) is 6.90. The molecule has 0 unspecified atom stereocenters. The van der Waals surface area contributed by atoms with E-state index in [2.05, 4.69) is 5.32 Å². The maximum Gasteiger partial charge on any atom is 0.321 e. The van der Waals surface area contributed by atoms with Crippen LogP contribution in [-0.4, -0.2) is 41.0 Å². The fraction of sp³-hybridized carbons (Fsp3) is 0.571. The first kappa shape index (κ1) is 11.6. The standard InChI is InChI=1S/C7H11NO5/c9-3-1-2-8-5(7(12)13)4-6(10)11/h3,5,8H,1-2,4H2,(H,10,11)(H,12,13)/t5-/m0/s1. The molecule has 0 bridgehead atoms. The maximum absolute atomic E-state index is 10.4. The molecule has 0 rings (SSSR count). The molecule has 1 atom stereocenters. The Morgan fingerprint density at radius 3 is 2.38 bits per heavy atom. The van der Waals surface area contributed by atoms with Crippen molar-refractivity contribution in [1.82, 2.24) is 5.32 Å². The lowest BCUT2D eigenvalue weighted by Crippen LogP contribution is -2.39. The minimum atomic E-state index is -1.23. The summed E-state index contributed by atoms with van der Waals surface area (Å²) in [6.45, 7) is 0.174. The SMILES string of the molecule is O=CCCN[C@@H](CC(=O)O)C(=O)O. The average Bonchev–Trinajstić information content (AvgIpc) is 2.02. The largest absolute Gasteiger partial charge is 0.481 e. The van der Waals surface area contributed by atoms with E-state index in [1.54, 1.807) is 0 Å². The number of carboxylic acids is 2. The highest BCUT2D eigenvalue weighted by molar-refractivity contribution is 5.80. The maximum atomic E-state index is 10.4. The van der Waals surface area contributed by atoms with E-state index < -0.39 is 24.4 Å². The number of carbonyl (C=O) groups excluding carboxylic acids is 1. The molecule has 0 fully saturated rings. The fourth-order valence-corrected chi connectivity index (χ4v) is 0.738. The molecule has 0 spiro atoms. The summed E-state index contributed by atoms with van der Waals surface area (Å²) in [6.07, 6.45) is 0.310. The second-order valence-corrected chi connectivity index (χ2v) is 2.40. The smallest absolute Gasteiger partial charge is 0.321 e. The molecule has 0 amide bonds. The highest BCUT2D eigenvalue weighted by atomic mass is 16.4. The van der Waals surface area contributed by atoms with Crippen LogP contribution in [0.4, 0.5) is 0 Å². The van der Waals surface area contributed by atoms with Crippen molar-refractivity contribution in [3.8, 4) is 0 Å². The number of aliphatic carboxylic acids is 2. The van der Waals surface area contributed by atoms with Crippen LogP contribution in [0, 0.1) is 0 Å². The van der Waals surface area contributed by atoms with Gasteiger partial charge in [-0.2, -0.15) is 0 Å². The quantitative estimate of drug-likeness (QED) is 0.354. The summed E-state index contributed by atoms with van der Waals surface area (Å²) in [6, 6.07) is -1.13. The van der Waals surface area contributed by atoms with Crippen molar-refractivity contribution < 1.29 is 24.6 Å². The van der Waals surface area contributed by atoms with Gasteiger partial charge in [0.05, 0.1) is 6.42 Å². The van der Waals surface area contributed by atoms with Gasteiger partial charge in [-0.05, 0) is 0 Å². The summed E-state index contributed by atoms with van der Waals surface area (Å²) in [5, 5.41) is 19.3. The van der Waals surface area contributed by atoms with E-state index in [0.29, 0.717) is 6.29 Å². The van der Waals surface area contributed by atoms with Gasteiger partial charge in [0.15, 0.2) is 0 Å². The topological polar surface area (TPSA) is 104 Å². The first-order valence-corrected chi connectivity index (χ1v) is 3.69. The summed E-state index contributed by atoms with van der Waals surface area (Å²) in [5.74, 6) is -2.42. The number of carbonyl (C=O) groups is 3. The molecule has 0 heterocycles. The van der Waals surface area contributed by atoms with Gasteiger partial charge in [-0.1, -0.05) is 0 Å². The van der Waals surface area contributed by atoms with Gasteiger partial charge in [0, 0.05) is 13.0 Å². The minimum absolute atomic E-state index is 0.170. The van der Waals surface area contributed by atoms with Gasteiger partial charge in [0.1, 0.15) is 12.3 Å². The Bertz CT molecular complexity index is 203. The highest BCUT2D eigenvalue weighted by Crippen LogP contribution is 1.92. The molecule has 0 aromatic heterocycles. The molecular weight excluding hydrogens is 178 g/mol. The summed E-state index contributed by atoms with van der Waals surface area (Å²) in [4.78, 5) is 30.5. The minimum Gasteiger partial charge on any atom is -0.481 e. The monoisotopic (exact) mass is 189 g/mol. The van der Waals surface area contributed by atoms with E-state index in [1.165, 1.54) is 0 Å². The zero-order valence-corrected chi connectivity index (χ0v) is 6.90. The third-order valence-corrected chi connectivity index (χ3v) is 1.33. The Kier molecular flexibility index (Phi) is 5.45. The lowest BCUT2D eigenvalue weighted by Gasteiger charge is -2.10. The predicted molar refractivity (Wildman–Crippen MR) is 42.4 cm³/mol. The van der Waals surface area contributed by atoms with Gasteiger partial charge in [-0.3, -0.25) is 9.59 Å². The van der Waals surface area contributed by atoms with Gasteiger partial charge in [0.25, 0.3) is 0 Å². The number of rotatable bonds is 7. The van der Waals surface area contributed by atoms with Crippen LogP contribution in [0.15, 0.2) is 0 Å². The Balaban J connectivity index is 3.87. The molecule has 74 valence electrons. The van der Waals surface area contributed by atoms with Crippen LogP contribution in [0.2, 0.25) is 0 Å². The van der Waals surface area contributed by atoms with Crippen molar-refractivity contribution in [2.24, 2.45) is 0 Å². The Labute approximate surface area is 74.6 Å². The Hall–Kier alpha value is -1.43. The first-order chi connectivity index (χ1) is 6.07. The van der Waals surface area contributed by atoms with E-state index in [1.807, 2.05) is 0 Å². The highest BCUT2D eigenvalue weighted by Gasteiger charge is 2.19. The second-order valence-electron chi connectivity index (χ2n) is 2.40. The van der Waals surface area contributed by atoms with E-state index in [0.717, 1.165) is 0 Å². The van der Waals surface area contributed by atoms with Crippen LogP contribution in [-0.2, 0) is 14.4 Å². The lowest BCUT2D eigenvalue weighted by molar-refractivity contribution is -0.145.